The minimum absolute atomic E-state index is 0.114. The third kappa shape index (κ3) is 3.76. The highest BCUT2D eigenvalue weighted by atomic mass is 79.9. The van der Waals surface area contributed by atoms with Crippen LogP contribution < -0.4 is 10.9 Å². The normalized spacial score (nSPS) is 33.2. The molecule has 27 heavy (non-hydrogen) atoms. The van der Waals surface area contributed by atoms with Crippen LogP contribution in [0.1, 0.15) is 19.3 Å². The molecule has 5 nitrogen and oxygen atoms in total. The van der Waals surface area contributed by atoms with Crippen LogP contribution in [0.5, 0.6) is 0 Å². The second-order valence-electron chi connectivity index (χ2n) is 8.39. The molecule has 146 valence electrons. The summed E-state index contributed by atoms with van der Waals surface area (Å²) in [7, 11) is 3.86. The van der Waals surface area contributed by atoms with E-state index in [1.165, 1.54) is 16.7 Å². The van der Waals surface area contributed by atoms with Crippen LogP contribution >= 0.6 is 27.5 Å². The molecule has 2 aliphatic carbocycles. The number of aromatic nitrogens is 2. The van der Waals surface area contributed by atoms with Crippen molar-refractivity contribution < 1.29 is 0 Å². The first-order chi connectivity index (χ1) is 12.9. The van der Waals surface area contributed by atoms with Gasteiger partial charge in [-0.05, 0) is 65.1 Å². The first-order valence-electron chi connectivity index (χ1n) is 9.52. The van der Waals surface area contributed by atoms with Gasteiger partial charge < -0.3 is 10.2 Å². The lowest BCUT2D eigenvalue weighted by atomic mass is 9.83. The summed E-state index contributed by atoms with van der Waals surface area (Å²) in [6, 6.07) is 0.320. The van der Waals surface area contributed by atoms with Gasteiger partial charge in [-0.3, -0.25) is 4.79 Å². The first-order valence-corrected chi connectivity index (χ1v) is 10.8. The molecule has 2 heterocycles. The maximum atomic E-state index is 12.1. The Balaban J connectivity index is 1.46. The molecule has 1 aromatic heterocycles. The number of alkyl halides is 1. The topological polar surface area (TPSA) is 50.2 Å². The van der Waals surface area contributed by atoms with Crippen molar-refractivity contribution in [2.75, 3.05) is 31.3 Å². The van der Waals surface area contributed by atoms with E-state index in [1.807, 2.05) is 0 Å². The third-order valence-electron chi connectivity index (χ3n) is 6.34. The quantitative estimate of drug-likeness (QED) is 0.710. The van der Waals surface area contributed by atoms with Gasteiger partial charge >= 0.3 is 0 Å². The average Bonchev–Trinajstić information content (AvgIpc) is 3.33. The summed E-state index contributed by atoms with van der Waals surface area (Å²) in [6.45, 7) is 2.13. The highest BCUT2D eigenvalue weighted by Gasteiger charge is 2.59. The van der Waals surface area contributed by atoms with Crippen molar-refractivity contribution in [1.82, 2.24) is 14.7 Å². The van der Waals surface area contributed by atoms with Crippen LogP contribution in [0.15, 0.2) is 39.3 Å². The number of nitrogens with zero attached hydrogens (tertiary/aromatic N) is 3. The molecule has 1 N–H and O–H groups in total. The Bertz CT molecular complexity index is 851. The van der Waals surface area contributed by atoms with Gasteiger partial charge in [-0.15, -0.1) is 11.6 Å². The number of halogens is 2. The van der Waals surface area contributed by atoms with Crippen LogP contribution in [0, 0.1) is 17.3 Å². The van der Waals surface area contributed by atoms with Crippen LogP contribution in [0.25, 0.3) is 0 Å². The van der Waals surface area contributed by atoms with E-state index in [0.29, 0.717) is 27.7 Å². The number of nitrogens with one attached hydrogen (secondary N) is 1. The van der Waals surface area contributed by atoms with Crippen LogP contribution in [-0.4, -0.2) is 46.7 Å². The summed E-state index contributed by atoms with van der Waals surface area (Å²) in [5, 5.41) is 7.72. The molecule has 4 rings (SSSR count). The van der Waals surface area contributed by atoms with Gasteiger partial charge in [0.05, 0.1) is 11.9 Å². The number of rotatable bonds is 4. The third-order valence-corrected chi connectivity index (χ3v) is 7.42. The van der Waals surface area contributed by atoms with E-state index < -0.39 is 0 Å². The largest absolute Gasteiger partial charge is 0.379 e. The SMILES string of the molecule is CN1C[C@H](Nc2cnn(C)c(=O)c2Br)CC2(CC2C2C=CC(CCl)=CC2)C1. The van der Waals surface area contributed by atoms with Crippen molar-refractivity contribution in [2.24, 2.45) is 24.3 Å². The molecule has 1 spiro atoms. The summed E-state index contributed by atoms with van der Waals surface area (Å²) in [6.07, 6.45) is 12.1. The number of aryl methyl sites for hydroxylation is 1. The van der Waals surface area contributed by atoms with Crippen molar-refractivity contribution in [3.63, 3.8) is 0 Å². The molecule has 3 unspecified atom stereocenters. The zero-order valence-electron chi connectivity index (χ0n) is 15.8. The molecule has 1 saturated carbocycles. The summed E-state index contributed by atoms with van der Waals surface area (Å²) in [4.78, 5) is 14.6. The minimum atomic E-state index is -0.114. The molecule has 1 saturated heterocycles. The Labute approximate surface area is 173 Å². The smallest absolute Gasteiger partial charge is 0.282 e. The summed E-state index contributed by atoms with van der Waals surface area (Å²) in [5.74, 6) is 1.97. The molecule has 2 fully saturated rings. The number of piperidine rings is 1. The molecule has 7 heteroatoms. The van der Waals surface area contributed by atoms with Crippen molar-refractivity contribution in [1.29, 1.82) is 0 Å². The lowest BCUT2D eigenvalue weighted by Gasteiger charge is -2.38. The number of hydrogen-bond acceptors (Lipinski definition) is 4. The minimum Gasteiger partial charge on any atom is -0.379 e. The Morgan fingerprint density at radius 1 is 1.41 bits per heavy atom. The Morgan fingerprint density at radius 3 is 2.93 bits per heavy atom. The van der Waals surface area contributed by atoms with Crippen LogP contribution in [-0.2, 0) is 7.05 Å². The van der Waals surface area contributed by atoms with Crippen molar-refractivity contribution in [3.8, 4) is 0 Å². The second kappa shape index (κ2) is 7.37. The number of allylic oxidation sites excluding steroid dienone is 4. The standard InChI is InChI=1S/C20H26BrClN4O/c1-25-11-15(24-17-10-23-26(2)19(27)18(17)21)7-20(12-25)8-16(20)14-5-3-13(9-22)4-6-14/h3-5,10,14-16,24H,6-9,11-12H2,1-2H3/t14?,15-,16?,20?/m1/s1. The van der Waals surface area contributed by atoms with Gasteiger partial charge in [0.25, 0.3) is 5.56 Å². The molecule has 1 aromatic rings. The molecule has 0 bridgehead atoms. The maximum absolute atomic E-state index is 12.1. The zero-order valence-corrected chi connectivity index (χ0v) is 18.1. The van der Waals surface area contributed by atoms with E-state index in [4.69, 9.17) is 11.6 Å². The number of likely N-dealkylation sites (tertiary alicyclic amines) is 1. The highest BCUT2D eigenvalue weighted by Crippen LogP contribution is 2.62. The molecule has 0 amide bonds. The molecule has 3 aliphatic rings. The van der Waals surface area contributed by atoms with Crippen molar-refractivity contribution >= 4 is 33.2 Å². The van der Waals surface area contributed by atoms with E-state index >= 15 is 0 Å². The Hall–Kier alpha value is -1.11. The van der Waals surface area contributed by atoms with Gasteiger partial charge in [0.15, 0.2) is 0 Å². The molecule has 1 aliphatic heterocycles. The van der Waals surface area contributed by atoms with Gasteiger partial charge in [-0.25, -0.2) is 4.68 Å². The predicted octanol–water partition coefficient (Wildman–Crippen LogP) is 3.41. The van der Waals surface area contributed by atoms with Gasteiger partial charge in [0.1, 0.15) is 4.47 Å². The van der Waals surface area contributed by atoms with E-state index in [2.05, 4.69) is 56.5 Å². The summed E-state index contributed by atoms with van der Waals surface area (Å²) < 4.78 is 1.90. The molecule has 4 atom stereocenters. The van der Waals surface area contributed by atoms with E-state index in [-0.39, 0.29) is 5.56 Å². The Kier molecular flexibility index (Phi) is 5.25. The van der Waals surface area contributed by atoms with E-state index in [1.54, 1.807) is 13.2 Å². The van der Waals surface area contributed by atoms with Crippen molar-refractivity contribution in [3.05, 3.63) is 44.8 Å². The van der Waals surface area contributed by atoms with E-state index in [0.717, 1.165) is 37.5 Å². The van der Waals surface area contributed by atoms with Gasteiger partial charge in [-0.2, -0.15) is 5.10 Å². The van der Waals surface area contributed by atoms with Crippen LogP contribution in [0.2, 0.25) is 0 Å². The van der Waals surface area contributed by atoms with Crippen molar-refractivity contribution in [2.45, 2.75) is 25.3 Å². The second-order valence-corrected chi connectivity index (χ2v) is 9.45. The zero-order chi connectivity index (χ0) is 19.2. The van der Waals surface area contributed by atoms with Gasteiger partial charge in [-0.1, -0.05) is 18.2 Å². The number of hydrogen-bond donors (Lipinski definition) is 1. The van der Waals surface area contributed by atoms with Crippen LogP contribution in [0.3, 0.4) is 0 Å². The first kappa shape index (κ1) is 19.2. The summed E-state index contributed by atoms with van der Waals surface area (Å²) >= 11 is 9.38. The lowest BCUT2D eigenvalue weighted by molar-refractivity contribution is 0.161. The molecular weight excluding hydrogens is 428 g/mol. The molecule has 0 radical (unpaired) electrons. The monoisotopic (exact) mass is 452 g/mol. The fourth-order valence-electron chi connectivity index (χ4n) is 5.01. The van der Waals surface area contributed by atoms with Gasteiger partial charge in [0, 0.05) is 32.1 Å². The predicted molar refractivity (Wildman–Crippen MR) is 113 cm³/mol. The maximum Gasteiger partial charge on any atom is 0.282 e. The average molecular weight is 454 g/mol. The fraction of sp³-hybridized carbons (Fsp3) is 0.600. The van der Waals surface area contributed by atoms with Gasteiger partial charge in [0.2, 0.25) is 0 Å². The lowest BCUT2D eigenvalue weighted by Crippen LogP contribution is -2.46. The number of anilines is 1. The molecule has 0 aromatic carbocycles. The number of likely N-dealkylation sites (N-methyl/N-ethyl adjacent to an activating group) is 1. The summed E-state index contributed by atoms with van der Waals surface area (Å²) in [5.41, 5.74) is 2.30. The molecular formula is C20H26BrClN4O. The van der Waals surface area contributed by atoms with E-state index in [9.17, 15) is 4.79 Å². The Morgan fingerprint density at radius 2 is 2.22 bits per heavy atom. The highest BCUT2D eigenvalue weighted by molar-refractivity contribution is 9.10. The van der Waals surface area contributed by atoms with Crippen LogP contribution in [0.4, 0.5) is 5.69 Å². The fourth-order valence-corrected chi connectivity index (χ4v) is 5.68.